The predicted octanol–water partition coefficient (Wildman–Crippen LogP) is 4.69. The number of anilines is 1. The standard InChI is InChI=1S/C24H31N3O3/c1-5-18-13-14-27(16-17-7-10-20(11-8-17)25-23(28)6-2)26-24(18)19-9-12-21(29-3)22(15-19)30-4/h7-12,15,18H,5-6,13-14,16H2,1-4H3,(H,25,28). The van der Waals surface area contributed by atoms with Crippen LogP contribution in [0.5, 0.6) is 11.5 Å². The monoisotopic (exact) mass is 409 g/mol. The third-order valence-electron chi connectivity index (χ3n) is 5.47. The molecule has 0 aromatic heterocycles. The SMILES string of the molecule is CCC(=O)Nc1ccc(CN2CCC(CC)C(c3ccc(OC)c(OC)c3)=N2)cc1. The lowest BCUT2D eigenvalue weighted by atomic mass is 9.90. The van der Waals surface area contributed by atoms with Crippen LogP contribution in [-0.4, -0.2) is 37.4 Å². The van der Waals surface area contributed by atoms with Gasteiger partial charge in [-0.3, -0.25) is 9.80 Å². The van der Waals surface area contributed by atoms with E-state index in [0.29, 0.717) is 12.3 Å². The van der Waals surface area contributed by atoms with Crippen molar-refractivity contribution in [1.29, 1.82) is 0 Å². The number of carbonyl (C=O) groups excluding carboxylic acids is 1. The summed E-state index contributed by atoms with van der Waals surface area (Å²) >= 11 is 0. The predicted molar refractivity (Wildman–Crippen MR) is 120 cm³/mol. The number of methoxy groups -OCH3 is 2. The van der Waals surface area contributed by atoms with Gasteiger partial charge >= 0.3 is 0 Å². The first-order chi connectivity index (χ1) is 14.6. The van der Waals surface area contributed by atoms with Crippen molar-refractivity contribution >= 4 is 17.3 Å². The van der Waals surface area contributed by atoms with E-state index in [1.165, 1.54) is 0 Å². The molecule has 0 spiro atoms. The Kier molecular flexibility index (Phi) is 7.33. The molecule has 1 aliphatic heterocycles. The van der Waals surface area contributed by atoms with Gasteiger partial charge in [0.2, 0.25) is 5.91 Å². The van der Waals surface area contributed by atoms with E-state index in [-0.39, 0.29) is 5.91 Å². The molecule has 6 nitrogen and oxygen atoms in total. The Bertz CT molecular complexity index is 893. The highest BCUT2D eigenvalue weighted by Crippen LogP contribution is 2.31. The number of nitrogens with one attached hydrogen (secondary N) is 1. The van der Waals surface area contributed by atoms with Gasteiger partial charge in [-0.05, 0) is 48.7 Å². The normalized spacial score (nSPS) is 16.1. The minimum absolute atomic E-state index is 0.0218. The number of rotatable bonds is 8. The number of hydrazone groups is 1. The summed E-state index contributed by atoms with van der Waals surface area (Å²) in [5.41, 5.74) is 4.15. The van der Waals surface area contributed by atoms with E-state index >= 15 is 0 Å². The fraction of sp³-hybridized carbons (Fsp3) is 0.417. The van der Waals surface area contributed by atoms with Gasteiger partial charge in [0.15, 0.2) is 11.5 Å². The molecular weight excluding hydrogens is 378 g/mol. The fourth-order valence-corrected chi connectivity index (χ4v) is 3.68. The van der Waals surface area contributed by atoms with Crippen molar-refractivity contribution in [3.8, 4) is 11.5 Å². The number of amides is 1. The molecule has 0 aliphatic carbocycles. The van der Waals surface area contributed by atoms with Gasteiger partial charge < -0.3 is 14.8 Å². The number of benzene rings is 2. The first kappa shape index (κ1) is 21.7. The lowest BCUT2D eigenvalue weighted by Crippen LogP contribution is -2.32. The molecule has 1 atom stereocenters. The largest absolute Gasteiger partial charge is 0.493 e. The smallest absolute Gasteiger partial charge is 0.224 e. The van der Waals surface area contributed by atoms with Gasteiger partial charge in [0, 0.05) is 30.1 Å². The second-order valence-corrected chi connectivity index (χ2v) is 7.44. The van der Waals surface area contributed by atoms with Crippen molar-refractivity contribution in [1.82, 2.24) is 5.01 Å². The van der Waals surface area contributed by atoms with Crippen LogP contribution in [0.25, 0.3) is 0 Å². The first-order valence-corrected chi connectivity index (χ1v) is 10.5. The van der Waals surface area contributed by atoms with Gasteiger partial charge in [0.25, 0.3) is 0 Å². The van der Waals surface area contributed by atoms with Crippen LogP contribution in [0.1, 0.15) is 44.2 Å². The highest BCUT2D eigenvalue weighted by Gasteiger charge is 2.24. The van der Waals surface area contributed by atoms with E-state index in [1.807, 2.05) is 43.3 Å². The van der Waals surface area contributed by atoms with Crippen LogP contribution in [-0.2, 0) is 11.3 Å². The van der Waals surface area contributed by atoms with Crippen molar-refractivity contribution < 1.29 is 14.3 Å². The maximum absolute atomic E-state index is 11.5. The number of nitrogens with zero attached hydrogens (tertiary/aromatic N) is 2. The number of hydrogen-bond acceptors (Lipinski definition) is 5. The zero-order valence-corrected chi connectivity index (χ0v) is 18.3. The average molecular weight is 410 g/mol. The molecule has 3 rings (SSSR count). The molecule has 0 bridgehead atoms. The number of ether oxygens (including phenoxy) is 2. The Morgan fingerprint density at radius 2 is 1.83 bits per heavy atom. The zero-order chi connectivity index (χ0) is 21.5. The van der Waals surface area contributed by atoms with Crippen molar-refractivity contribution in [3.05, 3.63) is 53.6 Å². The third kappa shape index (κ3) is 5.12. The van der Waals surface area contributed by atoms with Crippen molar-refractivity contribution in [2.45, 2.75) is 39.7 Å². The molecule has 2 aromatic rings. The molecule has 1 unspecified atom stereocenters. The van der Waals surface area contributed by atoms with Crippen LogP contribution < -0.4 is 14.8 Å². The summed E-state index contributed by atoms with van der Waals surface area (Å²) in [7, 11) is 3.30. The average Bonchev–Trinajstić information content (AvgIpc) is 2.79. The van der Waals surface area contributed by atoms with Gasteiger partial charge in [-0.15, -0.1) is 0 Å². The summed E-state index contributed by atoms with van der Waals surface area (Å²) in [6.07, 6.45) is 2.59. The molecule has 0 radical (unpaired) electrons. The minimum atomic E-state index is 0.0218. The molecule has 2 aromatic carbocycles. The minimum Gasteiger partial charge on any atom is -0.493 e. The molecule has 6 heteroatoms. The second kappa shape index (κ2) is 10.1. The van der Waals surface area contributed by atoms with Crippen molar-refractivity contribution in [3.63, 3.8) is 0 Å². The second-order valence-electron chi connectivity index (χ2n) is 7.44. The molecule has 1 aliphatic rings. The first-order valence-electron chi connectivity index (χ1n) is 10.5. The lowest BCUT2D eigenvalue weighted by molar-refractivity contribution is -0.115. The molecule has 1 heterocycles. The van der Waals surface area contributed by atoms with E-state index < -0.39 is 0 Å². The summed E-state index contributed by atoms with van der Waals surface area (Å²) in [6, 6.07) is 14.0. The Morgan fingerprint density at radius 1 is 1.10 bits per heavy atom. The molecule has 0 saturated carbocycles. The Balaban J connectivity index is 1.79. The Hall–Kier alpha value is -3.02. The van der Waals surface area contributed by atoms with Crippen LogP contribution in [0, 0.1) is 5.92 Å². The van der Waals surface area contributed by atoms with Crippen LogP contribution in [0.2, 0.25) is 0 Å². The van der Waals surface area contributed by atoms with Crippen molar-refractivity contribution in [2.24, 2.45) is 11.0 Å². The molecule has 0 saturated heterocycles. The third-order valence-corrected chi connectivity index (χ3v) is 5.47. The topological polar surface area (TPSA) is 63.2 Å². The highest BCUT2D eigenvalue weighted by molar-refractivity contribution is 6.03. The van der Waals surface area contributed by atoms with E-state index in [2.05, 4.69) is 23.3 Å². The molecular formula is C24H31N3O3. The van der Waals surface area contributed by atoms with Gasteiger partial charge in [0.05, 0.1) is 26.5 Å². The van der Waals surface area contributed by atoms with Gasteiger partial charge in [-0.1, -0.05) is 26.0 Å². The lowest BCUT2D eigenvalue weighted by Gasteiger charge is -2.31. The zero-order valence-electron chi connectivity index (χ0n) is 18.3. The van der Waals surface area contributed by atoms with Crippen LogP contribution in [0.15, 0.2) is 47.6 Å². The Morgan fingerprint density at radius 3 is 2.47 bits per heavy atom. The summed E-state index contributed by atoms with van der Waals surface area (Å²) in [6.45, 7) is 5.70. The van der Waals surface area contributed by atoms with Crippen LogP contribution in [0.4, 0.5) is 5.69 Å². The number of hydrogen-bond donors (Lipinski definition) is 1. The van der Waals surface area contributed by atoms with E-state index in [4.69, 9.17) is 14.6 Å². The number of carbonyl (C=O) groups is 1. The van der Waals surface area contributed by atoms with E-state index in [0.717, 1.165) is 60.0 Å². The quantitative estimate of drug-likeness (QED) is 0.687. The summed E-state index contributed by atoms with van der Waals surface area (Å²) in [5, 5.41) is 10.0. The van der Waals surface area contributed by atoms with Gasteiger partial charge in [-0.2, -0.15) is 5.10 Å². The summed E-state index contributed by atoms with van der Waals surface area (Å²) in [4.78, 5) is 11.5. The molecule has 160 valence electrons. The van der Waals surface area contributed by atoms with E-state index in [1.54, 1.807) is 14.2 Å². The highest BCUT2D eigenvalue weighted by atomic mass is 16.5. The molecule has 1 amide bonds. The molecule has 1 N–H and O–H groups in total. The maximum atomic E-state index is 11.5. The molecule has 0 fully saturated rings. The van der Waals surface area contributed by atoms with Gasteiger partial charge in [0.1, 0.15) is 0 Å². The van der Waals surface area contributed by atoms with E-state index in [9.17, 15) is 4.79 Å². The fourth-order valence-electron chi connectivity index (χ4n) is 3.68. The van der Waals surface area contributed by atoms with Crippen LogP contribution >= 0.6 is 0 Å². The molecule has 30 heavy (non-hydrogen) atoms. The van der Waals surface area contributed by atoms with Crippen LogP contribution in [0.3, 0.4) is 0 Å². The summed E-state index contributed by atoms with van der Waals surface area (Å²) < 4.78 is 10.9. The van der Waals surface area contributed by atoms with Crippen molar-refractivity contribution in [2.75, 3.05) is 26.1 Å². The van der Waals surface area contributed by atoms with Gasteiger partial charge in [-0.25, -0.2) is 0 Å². The Labute approximate surface area is 178 Å². The summed E-state index contributed by atoms with van der Waals surface area (Å²) in [5.74, 6) is 1.88. The maximum Gasteiger partial charge on any atom is 0.224 e.